The molecule has 0 amide bonds. The van der Waals surface area contributed by atoms with E-state index in [1.54, 1.807) is 0 Å². The van der Waals surface area contributed by atoms with Crippen molar-refractivity contribution in [3.8, 4) is 0 Å². The number of benzene rings is 1. The van der Waals surface area contributed by atoms with Gasteiger partial charge in [-0.15, -0.1) is 0 Å². The van der Waals surface area contributed by atoms with Crippen molar-refractivity contribution in [2.45, 2.75) is 43.4 Å². The average Bonchev–Trinajstić information content (AvgIpc) is 2.42. The monoisotopic (exact) mass is 283 g/mol. The molecule has 0 saturated heterocycles. The van der Waals surface area contributed by atoms with Crippen molar-refractivity contribution in [1.29, 1.82) is 0 Å². The van der Waals surface area contributed by atoms with E-state index in [1.807, 2.05) is 30.0 Å². The number of hydrogen-bond acceptors (Lipinski definition) is 2. The fourth-order valence-corrected chi connectivity index (χ4v) is 3.86. The Morgan fingerprint density at radius 1 is 1.22 bits per heavy atom. The van der Waals surface area contributed by atoms with Gasteiger partial charge in [0.05, 0.1) is 0 Å². The Hall–Kier alpha value is -0.180. The van der Waals surface area contributed by atoms with E-state index in [0.717, 1.165) is 18.1 Å². The zero-order chi connectivity index (χ0) is 12.8. The van der Waals surface area contributed by atoms with E-state index in [4.69, 9.17) is 11.6 Å². The van der Waals surface area contributed by atoms with Crippen LogP contribution in [0, 0.1) is 0 Å². The van der Waals surface area contributed by atoms with Crippen LogP contribution in [0.2, 0.25) is 5.02 Å². The second-order valence-electron chi connectivity index (χ2n) is 5.14. The number of halogens is 1. The van der Waals surface area contributed by atoms with Crippen LogP contribution in [0.1, 0.15) is 37.7 Å². The summed E-state index contributed by atoms with van der Waals surface area (Å²) in [6.07, 6.45) is 9.13. The molecule has 0 spiro atoms. The third-order valence-corrected chi connectivity index (χ3v) is 5.71. The van der Waals surface area contributed by atoms with Crippen LogP contribution >= 0.6 is 23.4 Å². The zero-order valence-electron chi connectivity index (χ0n) is 11.0. The highest BCUT2D eigenvalue weighted by atomic mass is 35.5. The summed E-state index contributed by atoms with van der Waals surface area (Å²) in [6.45, 7) is 1.97. The molecule has 18 heavy (non-hydrogen) atoms. The van der Waals surface area contributed by atoms with Crippen LogP contribution in [0.4, 0.5) is 0 Å². The van der Waals surface area contributed by atoms with Gasteiger partial charge in [0.1, 0.15) is 0 Å². The summed E-state index contributed by atoms with van der Waals surface area (Å²) < 4.78 is 0.458. The summed E-state index contributed by atoms with van der Waals surface area (Å²) >= 11 is 8.21. The lowest BCUT2D eigenvalue weighted by molar-refractivity contribution is 0.379. The van der Waals surface area contributed by atoms with Crippen LogP contribution in [0.3, 0.4) is 0 Å². The van der Waals surface area contributed by atoms with Gasteiger partial charge in [-0.1, -0.05) is 49.1 Å². The van der Waals surface area contributed by atoms with Crippen molar-refractivity contribution in [1.82, 2.24) is 5.32 Å². The molecule has 0 heterocycles. The lowest BCUT2D eigenvalue weighted by atomic mass is 9.88. The van der Waals surface area contributed by atoms with Crippen LogP contribution in [0.25, 0.3) is 0 Å². The molecule has 1 aromatic rings. The molecule has 1 aliphatic carbocycles. The van der Waals surface area contributed by atoms with Crippen molar-refractivity contribution in [2.24, 2.45) is 0 Å². The van der Waals surface area contributed by atoms with E-state index in [2.05, 4.69) is 17.6 Å². The van der Waals surface area contributed by atoms with E-state index in [9.17, 15) is 0 Å². The van der Waals surface area contributed by atoms with Gasteiger partial charge in [0.15, 0.2) is 0 Å². The van der Waals surface area contributed by atoms with Gasteiger partial charge in [0.25, 0.3) is 0 Å². The number of thioether (sulfide) groups is 1. The summed E-state index contributed by atoms with van der Waals surface area (Å²) in [5.41, 5.74) is 1.20. The largest absolute Gasteiger partial charge is 0.311 e. The molecule has 1 saturated carbocycles. The number of nitrogens with one attached hydrogen (secondary N) is 1. The minimum Gasteiger partial charge on any atom is -0.311 e. The Morgan fingerprint density at radius 3 is 2.61 bits per heavy atom. The van der Waals surface area contributed by atoms with Crippen LogP contribution in [0.15, 0.2) is 24.3 Å². The molecule has 0 atom stereocenters. The minimum absolute atomic E-state index is 0.458. The zero-order valence-corrected chi connectivity index (χ0v) is 12.6. The van der Waals surface area contributed by atoms with E-state index in [-0.39, 0.29) is 0 Å². The van der Waals surface area contributed by atoms with Crippen molar-refractivity contribution in [2.75, 3.05) is 12.8 Å². The lowest BCUT2D eigenvalue weighted by Crippen LogP contribution is -2.39. The molecule has 0 bridgehead atoms. The Bertz CT molecular complexity index is 375. The van der Waals surface area contributed by atoms with Gasteiger partial charge in [-0.2, -0.15) is 11.8 Å². The van der Waals surface area contributed by atoms with Gasteiger partial charge in [-0.05, 0) is 30.7 Å². The summed E-state index contributed by atoms with van der Waals surface area (Å²) in [7, 11) is 0. The second-order valence-corrected chi connectivity index (χ2v) is 6.82. The van der Waals surface area contributed by atoms with E-state index in [0.29, 0.717) is 4.75 Å². The summed E-state index contributed by atoms with van der Waals surface area (Å²) in [6, 6.07) is 8.09. The molecule has 1 aromatic carbocycles. The molecule has 100 valence electrons. The van der Waals surface area contributed by atoms with Crippen LogP contribution < -0.4 is 5.32 Å². The second kappa shape index (κ2) is 6.83. The van der Waals surface area contributed by atoms with E-state index < -0.39 is 0 Å². The molecule has 3 heteroatoms. The van der Waals surface area contributed by atoms with Gasteiger partial charge in [0.2, 0.25) is 0 Å². The predicted molar refractivity (Wildman–Crippen MR) is 82.5 cm³/mol. The van der Waals surface area contributed by atoms with Crippen molar-refractivity contribution in [3.05, 3.63) is 34.9 Å². The van der Waals surface area contributed by atoms with Crippen LogP contribution in [0.5, 0.6) is 0 Å². The van der Waals surface area contributed by atoms with Crippen molar-refractivity contribution >= 4 is 23.4 Å². The van der Waals surface area contributed by atoms with Gasteiger partial charge >= 0.3 is 0 Å². The highest BCUT2D eigenvalue weighted by molar-refractivity contribution is 8.00. The van der Waals surface area contributed by atoms with E-state index in [1.165, 1.54) is 37.7 Å². The van der Waals surface area contributed by atoms with Crippen molar-refractivity contribution < 1.29 is 0 Å². The standard InChI is InChI=1S/C15H22ClNS/c1-18-15(9-5-2-6-10-15)12-17-11-13-7-3-4-8-14(13)16/h3-4,7-8,17H,2,5-6,9-12H2,1H3. The van der Waals surface area contributed by atoms with Gasteiger partial charge in [-0.25, -0.2) is 0 Å². The first-order valence-electron chi connectivity index (χ1n) is 6.75. The predicted octanol–water partition coefficient (Wildman–Crippen LogP) is 4.50. The quantitative estimate of drug-likeness (QED) is 0.854. The summed E-state index contributed by atoms with van der Waals surface area (Å²) in [4.78, 5) is 0. The Labute approximate surface area is 120 Å². The van der Waals surface area contributed by atoms with E-state index >= 15 is 0 Å². The molecule has 0 aliphatic heterocycles. The fraction of sp³-hybridized carbons (Fsp3) is 0.600. The molecule has 1 fully saturated rings. The molecule has 1 aliphatic rings. The normalized spacial score (nSPS) is 18.8. The number of hydrogen-bond donors (Lipinski definition) is 1. The Balaban J connectivity index is 1.85. The highest BCUT2D eigenvalue weighted by Gasteiger charge is 2.30. The molecule has 0 radical (unpaired) electrons. The summed E-state index contributed by atoms with van der Waals surface area (Å²) in [5.74, 6) is 0. The topological polar surface area (TPSA) is 12.0 Å². The lowest BCUT2D eigenvalue weighted by Gasteiger charge is -2.36. The highest BCUT2D eigenvalue weighted by Crippen LogP contribution is 2.38. The summed E-state index contributed by atoms with van der Waals surface area (Å²) in [5, 5.41) is 4.47. The maximum Gasteiger partial charge on any atom is 0.0450 e. The van der Waals surface area contributed by atoms with Crippen LogP contribution in [-0.4, -0.2) is 17.5 Å². The SMILES string of the molecule is CSC1(CNCc2ccccc2Cl)CCCCC1. The molecular formula is C15H22ClNS. The molecule has 2 rings (SSSR count). The van der Waals surface area contributed by atoms with Gasteiger partial charge in [-0.3, -0.25) is 0 Å². The molecular weight excluding hydrogens is 262 g/mol. The molecule has 1 N–H and O–H groups in total. The Morgan fingerprint density at radius 2 is 1.94 bits per heavy atom. The van der Waals surface area contributed by atoms with Crippen molar-refractivity contribution in [3.63, 3.8) is 0 Å². The Kier molecular flexibility index (Phi) is 5.40. The maximum atomic E-state index is 6.17. The third-order valence-electron chi connectivity index (χ3n) is 3.92. The van der Waals surface area contributed by atoms with Gasteiger partial charge < -0.3 is 5.32 Å². The fourth-order valence-electron chi connectivity index (χ4n) is 2.72. The molecule has 1 nitrogen and oxygen atoms in total. The smallest absolute Gasteiger partial charge is 0.0450 e. The first kappa shape index (κ1) is 14.2. The van der Waals surface area contributed by atoms with Gasteiger partial charge in [0, 0.05) is 22.9 Å². The first-order valence-corrected chi connectivity index (χ1v) is 8.35. The average molecular weight is 284 g/mol. The molecule has 0 aromatic heterocycles. The number of rotatable bonds is 5. The minimum atomic E-state index is 0.458. The maximum absolute atomic E-state index is 6.17. The third kappa shape index (κ3) is 3.66. The first-order chi connectivity index (χ1) is 8.76. The van der Waals surface area contributed by atoms with Crippen LogP contribution in [-0.2, 0) is 6.54 Å². The molecule has 0 unspecified atom stereocenters.